The van der Waals surface area contributed by atoms with Gasteiger partial charge in [0.25, 0.3) is 0 Å². The van der Waals surface area contributed by atoms with E-state index in [0.717, 1.165) is 25.7 Å². The molecular formula is C15H23NO3. The summed E-state index contributed by atoms with van der Waals surface area (Å²) in [6.07, 6.45) is 7.92. The third kappa shape index (κ3) is 2.37. The van der Waals surface area contributed by atoms with Crippen LogP contribution in [-0.4, -0.2) is 22.5 Å². The second-order valence-corrected chi connectivity index (χ2v) is 7.32. The maximum atomic E-state index is 11.5. The highest BCUT2D eigenvalue weighted by atomic mass is 16.4. The van der Waals surface area contributed by atoms with Gasteiger partial charge < -0.3 is 10.4 Å². The first-order chi connectivity index (χ1) is 8.90. The lowest BCUT2D eigenvalue weighted by Crippen LogP contribution is -2.62. The molecule has 0 aromatic rings. The van der Waals surface area contributed by atoms with Gasteiger partial charge in [-0.3, -0.25) is 9.59 Å². The number of aliphatic carboxylic acids is 1. The summed E-state index contributed by atoms with van der Waals surface area (Å²) >= 11 is 0. The number of carbonyl (C=O) groups excluding carboxylic acids is 1. The van der Waals surface area contributed by atoms with Gasteiger partial charge in [-0.1, -0.05) is 0 Å². The van der Waals surface area contributed by atoms with Gasteiger partial charge in [-0.25, -0.2) is 0 Å². The Morgan fingerprint density at radius 1 is 1.21 bits per heavy atom. The van der Waals surface area contributed by atoms with Crippen molar-refractivity contribution in [2.75, 3.05) is 0 Å². The van der Waals surface area contributed by atoms with Crippen LogP contribution in [0.15, 0.2) is 0 Å². The summed E-state index contributed by atoms with van der Waals surface area (Å²) in [6, 6.07) is 0. The minimum absolute atomic E-state index is 0.0194. The molecule has 4 aliphatic rings. The van der Waals surface area contributed by atoms with Gasteiger partial charge in [0, 0.05) is 18.9 Å². The predicted molar refractivity (Wildman–Crippen MR) is 70.5 cm³/mol. The third-order valence-corrected chi connectivity index (χ3v) is 5.49. The second-order valence-electron chi connectivity index (χ2n) is 7.32. The maximum Gasteiger partial charge on any atom is 0.303 e. The Morgan fingerprint density at radius 2 is 1.84 bits per heavy atom. The summed E-state index contributed by atoms with van der Waals surface area (Å²) in [5, 5.41) is 12.2. The van der Waals surface area contributed by atoms with Crippen LogP contribution in [0.2, 0.25) is 0 Å². The van der Waals surface area contributed by atoms with Gasteiger partial charge in [0.05, 0.1) is 0 Å². The van der Waals surface area contributed by atoms with Gasteiger partial charge in [-0.15, -0.1) is 0 Å². The zero-order chi connectivity index (χ0) is 13.7. The number of carboxylic acids is 1. The fourth-order valence-electron chi connectivity index (χ4n) is 5.64. The van der Waals surface area contributed by atoms with E-state index in [9.17, 15) is 9.59 Å². The Labute approximate surface area is 113 Å². The van der Waals surface area contributed by atoms with Gasteiger partial charge in [-0.2, -0.15) is 0 Å². The molecule has 2 atom stereocenters. The van der Waals surface area contributed by atoms with Crippen LogP contribution in [0.1, 0.15) is 58.3 Å². The molecule has 4 aliphatic carbocycles. The first-order valence-electron chi connectivity index (χ1n) is 7.41. The molecule has 0 saturated heterocycles. The lowest BCUT2D eigenvalue weighted by Gasteiger charge is -2.62. The standard InChI is InChI=1S/C15H23NO3/c1-10(17)16-15-7-11-4-12(8-15)6-14(5-11,9-15)3-2-13(18)19/h11-12H,2-9H2,1H3,(H,16,17)(H,18,19)/t11-,12-,14?,15?/m1/s1. The summed E-state index contributed by atoms with van der Waals surface area (Å²) in [7, 11) is 0. The first kappa shape index (κ1) is 12.9. The summed E-state index contributed by atoms with van der Waals surface area (Å²) < 4.78 is 0. The summed E-state index contributed by atoms with van der Waals surface area (Å²) in [5.74, 6) is 0.767. The predicted octanol–water partition coefficient (Wildman–Crippen LogP) is 2.33. The van der Waals surface area contributed by atoms with Crippen molar-refractivity contribution in [1.29, 1.82) is 0 Å². The average Bonchev–Trinajstić information content (AvgIpc) is 2.22. The highest BCUT2D eigenvalue weighted by Gasteiger charge is 2.57. The summed E-state index contributed by atoms with van der Waals surface area (Å²) in [4.78, 5) is 22.4. The molecule has 0 aromatic carbocycles. The van der Waals surface area contributed by atoms with Crippen LogP contribution < -0.4 is 5.32 Å². The number of nitrogens with one attached hydrogen (secondary N) is 1. The number of carboxylic acid groups (broad SMARTS) is 1. The number of rotatable bonds is 4. The van der Waals surface area contributed by atoms with Gasteiger partial charge in [0.2, 0.25) is 5.91 Å². The smallest absolute Gasteiger partial charge is 0.303 e. The molecule has 4 saturated carbocycles. The second kappa shape index (κ2) is 4.22. The van der Waals surface area contributed by atoms with E-state index >= 15 is 0 Å². The fraction of sp³-hybridized carbons (Fsp3) is 0.867. The van der Waals surface area contributed by atoms with Crippen molar-refractivity contribution in [3.05, 3.63) is 0 Å². The Balaban J connectivity index is 1.80. The van der Waals surface area contributed by atoms with Crippen LogP contribution in [-0.2, 0) is 9.59 Å². The van der Waals surface area contributed by atoms with Crippen molar-refractivity contribution in [3.63, 3.8) is 0 Å². The van der Waals surface area contributed by atoms with Gasteiger partial charge >= 0.3 is 5.97 Å². The Bertz CT molecular complexity index is 404. The highest BCUT2D eigenvalue weighted by molar-refractivity contribution is 5.74. The van der Waals surface area contributed by atoms with E-state index in [1.807, 2.05) is 0 Å². The number of hydrogen-bond acceptors (Lipinski definition) is 2. The molecule has 2 N–H and O–H groups in total. The molecule has 4 heteroatoms. The Morgan fingerprint density at radius 3 is 2.37 bits per heavy atom. The molecule has 4 bridgehead atoms. The maximum absolute atomic E-state index is 11.5. The van der Waals surface area contributed by atoms with Gasteiger partial charge in [-0.05, 0) is 62.2 Å². The van der Waals surface area contributed by atoms with E-state index in [1.54, 1.807) is 6.92 Å². The van der Waals surface area contributed by atoms with Crippen LogP contribution in [0.4, 0.5) is 0 Å². The molecular weight excluding hydrogens is 242 g/mol. The molecule has 0 aliphatic heterocycles. The fourth-order valence-corrected chi connectivity index (χ4v) is 5.64. The zero-order valence-electron chi connectivity index (χ0n) is 11.6. The molecule has 4 rings (SSSR count). The molecule has 0 radical (unpaired) electrons. The Kier molecular flexibility index (Phi) is 2.88. The van der Waals surface area contributed by atoms with Crippen molar-refractivity contribution >= 4 is 11.9 Å². The number of carbonyl (C=O) groups is 2. The van der Waals surface area contributed by atoms with E-state index in [-0.39, 0.29) is 23.3 Å². The largest absolute Gasteiger partial charge is 0.481 e. The monoisotopic (exact) mass is 265 g/mol. The van der Waals surface area contributed by atoms with E-state index in [4.69, 9.17) is 5.11 Å². The molecule has 0 unspecified atom stereocenters. The average molecular weight is 265 g/mol. The van der Waals surface area contributed by atoms with E-state index in [2.05, 4.69) is 5.32 Å². The molecule has 1 amide bonds. The first-order valence-corrected chi connectivity index (χ1v) is 7.41. The minimum atomic E-state index is -0.690. The van der Waals surface area contributed by atoms with E-state index in [1.165, 1.54) is 19.3 Å². The molecule has 106 valence electrons. The van der Waals surface area contributed by atoms with E-state index in [0.29, 0.717) is 11.8 Å². The van der Waals surface area contributed by atoms with Crippen LogP contribution in [0, 0.1) is 17.3 Å². The summed E-state index contributed by atoms with van der Waals surface area (Å²) in [5.41, 5.74) is 0.166. The van der Waals surface area contributed by atoms with Crippen LogP contribution in [0.3, 0.4) is 0 Å². The lowest BCUT2D eigenvalue weighted by molar-refractivity contribution is -0.141. The highest BCUT2D eigenvalue weighted by Crippen LogP contribution is 2.63. The van der Waals surface area contributed by atoms with Crippen LogP contribution >= 0.6 is 0 Å². The molecule has 0 aromatic heterocycles. The summed E-state index contributed by atoms with van der Waals surface area (Å²) in [6.45, 7) is 1.60. The SMILES string of the molecule is CC(=O)NC12C[C@@H]3C[C@H](CC(CCC(=O)O)(C3)C1)C2. The number of amides is 1. The van der Waals surface area contributed by atoms with Crippen molar-refractivity contribution in [3.8, 4) is 0 Å². The topological polar surface area (TPSA) is 66.4 Å². The van der Waals surface area contributed by atoms with E-state index < -0.39 is 5.97 Å². The van der Waals surface area contributed by atoms with Gasteiger partial charge in [0.15, 0.2) is 0 Å². The third-order valence-electron chi connectivity index (χ3n) is 5.49. The van der Waals surface area contributed by atoms with Crippen LogP contribution in [0.5, 0.6) is 0 Å². The van der Waals surface area contributed by atoms with Crippen molar-refractivity contribution in [2.45, 2.75) is 63.8 Å². The molecule has 0 heterocycles. The quantitative estimate of drug-likeness (QED) is 0.819. The zero-order valence-corrected chi connectivity index (χ0v) is 11.6. The van der Waals surface area contributed by atoms with Crippen molar-refractivity contribution < 1.29 is 14.7 Å². The van der Waals surface area contributed by atoms with Crippen molar-refractivity contribution in [2.24, 2.45) is 17.3 Å². The normalized spacial score (nSPS) is 43.2. The lowest BCUT2D eigenvalue weighted by atomic mass is 9.46. The van der Waals surface area contributed by atoms with Crippen molar-refractivity contribution in [1.82, 2.24) is 5.32 Å². The molecule has 4 fully saturated rings. The van der Waals surface area contributed by atoms with Gasteiger partial charge in [0.1, 0.15) is 0 Å². The Hall–Kier alpha value is -1.06. The molecule has 19 heavy (non-hydrogen) atoms. The molecule has 4 nitrogen and oxygen atoms in total. The minimum Gasteiger partial charge on any atom is -0.481 e. The molecule has 0 spiro atoms. The number of hydrogen-bond donors (Lipinski definition) is 2. The van der Waals surface area contributed by atoms with Crippen LogP contribution in [0.25, 0.3) is 0 Å².